The van der Waals surface area contributed by atoms with Crippen molar-refractivity contribution < 1.29 is 14.6 Å². The molecule has 0 aromatic heterocycles. The molecule has 0 radical (unpaired) electrons. The molecule has 2 aliphatic heterocycles. The lowest BCUT2D eigenvalue weighted by Gasteiger charge is -2.24. The lowest BCUT2D eigenvalue weighted by Crippen LogP contribution is -2.33. The molecule has 0 bridgehead atoms. The number of aliphatic hydroxyl groups is 1. The summed E-state index contributed by atoms with van der Waals surface area (Å²) in [5, 5.41) is 10.3. The van der Waals surface area contributed by atoms with Crippen molar-refractivity contribution in [3.8, 4) is 11.5 Å². The first-order chi connectivity index (χ1) is 13.7. The molecule has 5 nitrogen and oxygen atoms in total. The average Bonchev–Trinajstić information content (AvgIpc) is 3.45. The molecule has 1 spiro atoms. The van der Waals surface area contributed by atoms with Crippen LogP contribution in [0.1, 0.15) is 50.5 Å². The minimum Gasteiger partial charge on any atom is -0.493 e. The van der Waals surface area contributed by atoms with Crippen molar-refractivity contribution in [2.24, 2.45) is 5.41 Å². The van der Waals surface area contributed by atoms with Crippen LogP contribution in [0.5, 0.6) is 11.5 Å². The zero-order valence-electron chi connectivity index (χ0n) is 17.4. The number of β-amino-alcohol motifs (C(OH)–C–C–N with tert-alkyl or cyclic N) is 1. The fourth-order valence-electron chi connectivity index (χ4n) is 5.39. The van der Waals surface area contributed by atoms with Crippen LogP contribution in [-0.2, 0) is 6.54 Å². The van der Waals surface area contributed by atoms with Gasteiger partial charge in [0.1, 0.15) is 12.7 Å². The number of aliphatic hydroxyl groups excluding tert-OH is 1. The summed E-state index contributed by atoms with van der Waals surface area (Å²) in [4.78, 5) is 4.91. The molecule has 2 saturated heterocycles. The van der Waals surface area contributed by atoms with Gasteiger partial charge >= 0.3 is 0 Å². The van der Waals surface area contributed by atoms with Gasteiger partial charge in [-0.3, -0.25) is 4.90 Å². The van der Waals surface area contributed by atoms with E-state index in [9.17, 15) is 5.11 Å². The summed E-state index contributed by atoms with van der Waals surface area (Å²) in [5.41, 5.74) is 1.87. The highest BCUT2D eigenvalue weighted by molar-refractivity contribution is 5.43. The first-order valence-electron chi connectivity index (χ1n) is 11.1. The van der Waals surface area contributed by atoms with Crippen LogP contribution in [0.4, 0.5) is 0 Å². The van der Waals surface area contributed by atoms with Gasteiger partial charge in [-0.2, -0.15) is 0 Å². The summed E-state index contributed by atoms with van der Waals surface area (Å²) in [6.45, 7) is 6.60. The van der Waals surface area contributed by atoms with Gasteiger partial charge in [-0.05, 0) is 74.8 Å². The smallest absolute Gasteiger partial charge is 0.161 e. The summed E-state index contributed by atoms with van der Waals surface area (Å²) in [5.74, 6) is 1.49. The third-order valence-corrected chi connectivity index (χ3v) is 6.91. The molecule has 3 aliphatic rings. The Labute approximate surface area is 169 Å². The Hall–Kier alpha value is -1.30. The van der Waals surface area contributed by atoms with Gasteiger partial charge in [-0.15, -0.1) is 0 Å². The van der Waals surface area contributed by atoms with Gasteiger partial charge in [0.2, 0.25) is 0 Å². The van der Waals surface area contributed by atoms with Crippen LogP contribution >= 0.6 is 0 Å². The molecule has 0 amide bonds. The summed E-state index contributed by atoms with van der Waals surface area (Å²) >= 11 is 0. The van der Waals surface area contributed by atoms with Crippen LogP contribution in [0.15, 0.2) is 18.2 Å². The van der Waals surface area contributed by atoms with Gasteiger partial charge in [0.15, 0.2) is 11.5 Å². The molecule has 1 N–H and O–H groups in total. The van der Waals surface area contributed by atoms with E-state index in [0.29, 0.717) is 18.6 Å². The second-order valence-electron chi connectivity index (χ2n) is 9.13. The van der Waals surface area contributed by atoms with E-state index in [0.717, 1.165) is 31.1 Å². The molecule has 3 fully saturated rings. The van der Waals surface area contributed by atoms with Crippen LogP contribution in [0, 0.1) is 5.41 Å². The topological polar surface area (TPSA) is 45.2 Å². The van der Waals surface area contributed by atoms with E-state index in [-0.39, 0.29) is 0 Å². The highest BCUT2D eigenvalue weighted by atomic mass is 16.5. The molecule has 1 aliphatic carbocycles. The first kappa shape index (κ1) is 20.0. The normalized spacial score (nSPS) is 23.5. The molecule has 4 rings (SSSR count). The number of methoxy groups -OCH3 is 1. The number of ether oxygens (including phenoxy) is 2. The van der Waals surface area contributed by atoms with Crippen molar-refractivity contribution in [3.05, 3.63) is 23.8 Å². The van der Waals surface area contributed by atoms with Gasteiger partial charge in [0, 0.05) is 19.6 Å². The quantitative estimate of drug-likeness (QED) is 0.740. The third kappa shape index (κ3) is 4.81. The van der Waals surface area contributed by atoms with Crippen molar-refractivity contribution in [2.45, 2.75) is 57.6 Å². The fraction of sp³-hybridized carbons (Fsp3) is 0.739. The van der Waals surface area contributed by atoms with E-state index in [1.165, 1.54) is 63.6 Å². The predicted octanol–water partition coefficient (Wildman–Crippen LogP) is 3.30. The summed E-state index contributed by atoms with van der Waals surface area (Å²) in [6.07, 6.45) is 9.01. The first-order valence-corrected chi connectivity index (χ1v) is 11.1. The molecule has 28 heavy (non-hydrogen) atoms. The number of hydrogen-bond donors (Lipinski definition) is 1. The van der Waals surface area contributed by atoms with Crippen molar-refractivity contribution in [1.29, 1.82) is 0 Å². The van der Waals surface area contributed by atoms with Gasteiger partial charge < -0.3 is 19.5 Å². The monoisotopic (exact) mass is 388 g/mol. The SMILES string of the molecule is COc1ccc(CN2CCC3(CCCC3)C2)cc1OC[C@H](O)CN1CCCC1. The molecule has 156 valence electrons. The standard InChI is InChI=1S/C23H36N2O3/c1-27-21-7-6-19(15-25-13-10-23(18-25)8-2-3-9-23)14-22(21)28-17-20(26)16-24-11-4-5-12-24/h6-7,14,20,26H,2-5,8-13,15-18H2,1H3/t20-/m1/s1. The summed E-state index contributed by atoms with van der Waals surface area (Å²) < 4.78 is 11.5. The van der Waals surface area contributed by atoms with E-state index in [4.69, 9.17) is 9.47 Å². The summed E-state index contributed by atoms with van der Waals surface area (Å²) in [6, 6.07) is 6.24. The van der Waals surface area contributed by atoms with E-state index in [1.54, 1.807) is 7.11 Å². The van der Waals surface area contributed by atoms with Crippen LogP contribution in [0.3, 0.4) is 0 Å². The molecule has 0 unspecified atom stereocenters. The largest absolute Gasteiger partial charge is 0.493 e. The van der Waals surface area contributed by atoms with Crippen molar-refractivity contribution in [2.75, 3.05) is 46.4 Å². The van der Waals surface area contributed by atoms with Gasteiger partial charge in [-0.1, -0.05) is 18.9 Å². The Kier molecular flexibility index (Phi) is 6.44. The van der Waals surface area contributed by atoms with Crippen LogP contribution < -0.4 is 9.47 Å². The number of hydrogen-bond acceptors (Lipinski definition) is 5. The van der Waals surface area contributed by atoms with Gasteiger partial charge in [0.05, 0.1) is 7.11 Å². The molecule has 1 aromatic carbocycles. The zero-order valence-corrected chi connectivity index (χ0v) is 17.4. The van der Waals surface area contributed by atoms with E-state index < -0.39 is 6.10 Å². The van der Waals surface area contributed by atoms with E-state index >= 15 is 0 Å². The molecule has 1 aromatic rings. The van der Waals surface area contributed by atoms with Crippen molar-refractivity contribution >= 4 is 0 Å². The maximum absolute atomic E-state index is 10.3. The second kappa shape index (κ2) is 9.02. The maximum atomic E-state index is 10.3. The lowest BCUT2D eigenvalue weighted by atomic mass is 9.86. The Morgan fingerprint density at radius 3 is 2.54 bits per heavy atom. The zero-order chi connectivity index (χ0) is 19.4. The minimum absolute atomic E-state index is 0.309. The molecule has 5 heteroatoms. The van der Waals surface area contributed by atoms with Gasteiger partial charge in [0.25, 0.3) is 0 Å². The fourth-order valence-corrected chi connectivity index (χ4v) is 5.39. The Balaban J connectivity index is 1.33. The van der Waals surface area contributed by atoms with Crippen molar-refractivity contribution in [3.63, 3.8) is 0 Å². The average molecular weight is 389 g/mol. The highest BCUT2D eigenvalue weighted by Crippen LogP contribution is 2.45. The number of rotatable bonds is 8. The minimum atomic E-state index is -0.465. The molecule has 2 heterocycles. The molecule has 1 saturated carbocycles. The second-order valence-corrected chi connectivity index (χ2v) is 9.13. The highest BCUT2D eigenvalue weighted by Gasteiger charge is 2.39. The van der Waals surface area contributed by atoms with Gasteiger partial charge in [-0.25, -0.2) is 0 Å². The van der Waals surface area contributed by atoms with E-state index in [1.807, 2.05) is 6.07 Å². The third-order valence-electron chi connectivity index (χ3n) is 6.91. The maximum Gasteiger partial charge on any atom is 0.161 e. The number of likely N-dealkylation sites (tertiary alicyclic amines) is 2. The molecular formula is C23H36N2O3. The molecule has 1 atom stereocenters. The van der Waals surface area contributed by atoms with Crippen LogP contribution in [-0.4, -0.2) is 67.5 Å². The Bertz CT molecular complexity index is 639. The Morgan fingerprint density at radius 2 is 1.79 bits per heavy atom. The van der Waals surface area contributed by atoms with E-state index in [2.05, 4.69) is 21.9 Å². The van der Waals surface area contributed by atoms with Crippen LogP contribution in [0.25, 0.3) is 0 Å². The van der Waals surface area contributed by atoms with Crippen LogP contribution in [0.2, 0.25) is 0 Å². The number of nitrogens with zero attached hydrogens (tertiary/aromatic N) is 2. The molecular weight excluding hydrogens is 352 g/mol. The Morgan fingerprint density at radius 1 is 1.00 bits per heavy atom. The predicted molar refractivity (Wildman–Crippen MR) is 111 cm³/mol. The number of benzene rings is 1. The summed E-state index contributed by atoms with van der Waals surface area (Å²) in [7, 11) is 1.67. The van der Waals surface area contributed by atoms with Crippen molar-refractivity contribution in [1.82, 2.24) is 9.80 Å². The lowest BCUT2D eigenvalue weighted by molar-refractivity contribution is 0.0746.